The van der Waals surface area contributed by atoms with Crippen LogP contribution >= 0.6 is 11.6 Å². The maximum Gasteiger partial charge on any atom is 0.340 e. The molecule has 6 heteroatoms. The lowest BCUT2D eigenvalue weighted by molar-refractivity contribution is 0.0695. The summed E-state index contributed by atoms with van der Waals surface area (Å²) in [6.45, 7) is 5.39. The lowest BCUT2D eigenvalue weighted by Gasteiger charge is -2.07. The SMILES string of the molecule is Cc1cc(F)ccc1-n1nc(C(C)C)c(C(=O)O)c1Cl. The molecule has 1 heterocycles. The van der Waals surface area contributed by atoms with E-state index in [2.05, 4.69) is 5.10 Å². The van der Waals surface area contributed by atoms with Crippen molar-refractivity contribution in [1.82, 2.24) is 9.78 Å². The minimum atomic E-state index is -1.12. The first-order chi connectivity index (χ1) is 9.32. The van der Waals surface area contributed by atoms with E-state index in [0.717, 1.165) is 0 Å². The van der Waals surface area contributed by atoms with E-state index in [-0.39, 0.29) is 22.5 Å². The molecule has 4 nitrogen and oxygen atoms in total. The summed E-state index contributed by atoms with van der Waals surface area (Å²) in [5.74, 6) is -1.57. The topological polar surface area (TPSA) is 55.1 Å². The van der Waals surface area contributed by atoms with Crippen molar-refractivity contribution in [3.63, 3.8) is 0 Å². The van der Waals surface area contributed by atoms with Gasteiger partial charge in [0.05, 0.1) is 11.4 Å². The molecule has 1 N–H and O–H groups in total. The minimum Gasteiger partial charge on any atom is -0.478 e. The van der Waals surface area contributed by atoms with Crippen molar-refractivity contribution in [3.05, 3.63) is 46.0 Å². The third kappa shape index (κ3) is 2.41. The Morgan fingerprint density at radius 2 is 2.10 bits per heavy atom. The Hall–Kier alpha value is -1.88. The zero-order valence-corrected chi connectivity index (χ0v) is 12.1. The number of aryl methyl sites for hydroxylation is 1. The molecule has 0 saturated heterocycles. The van der Waals surface area contributed by atoms with E-state index in [9.17, 15) is 14.3 Å². The van der Waals surface area contributed by atoms with Gasteiger partial charge in [0.25, 0.3) is 0 Å². The van der Waals surface area contributed by atoms with E-state index in [1.807, 2.05) is 13.8 Å². The Bertz CT molecular complexity index is 680. The lowest BCUT2D eigenvalue weighted by atomic mass is 10.1. The van der Waals surface area contributed by atoms with E-state index in [1.54, 1.807) is 6.92 Å². The molecule has 0 radical (unpaired) electrons. The molecule has 0 fully saturated rings. The molecule has 0 aliphatic rings. The second-order valence-electron chi connectivity index (χ2n) is 4.85. The molecule has 1 aromatic carbocycles. The molecule has 0 aliphatic carbocycles. The molecule has 1 aromatic heterocycles. The zero-order chi connectivity index (χ0) is 15.0. The van der Waals surface area contributed by atoms with Crippen LogP contribution in [0.3, 0.4) is 0 Å². The summed E-state index contributed by atoms with van der Waals surface area (Å²) in [4.78, 5) is 11.3. The van der Waals surface area contributed by atoms with Crippen LogP contribution in [0.2, 0.25) is 5.15 Å². The Morgan fingerprint density at radius 1 is 1.45 bits per heavy atom. The van der Waals surface area contributed by atoms with E-state index in [0.29, 0.717) is 16.9 Å². The number of aromatic nitrogens is 2. The van der Waals surface area contributed by atoms with E-state index in [1.165, 1.54) is 22.9 Å². The van der Waals surface area contributed by atoms with Crippen molar-refractivity contribution < 1.29 is 14.3 Å². The summed E-state index contributed by atoms with van der Waals surface area (Å²) >= 11 is 6.14. The number of nitrogens with zero attached hydrogens (tertiary/aromatic N) is 2. The highest BCUT2D eigenvalue weighted by molar-refractivity contribution is 6.33. The highest BCUT2D eigenvalue weighted by Gasteiger charge is 2.25. The van der Waals surface area contributed by atoms with Crippen LogP contribution in [-0.2, 0) is 0 Å². The van der Waals surface area contributed by atoms with Gasteiger partial charge in [-0.25, -0.2) is 13.9 Å². The molecule has 0 amide bonds. The fourth-order valence-electron chi connectivity index (χ4n) is 2.03. The van der Waals surface area contributed by atoms with E-state index < -0.39 is 5.97 Å². The normalized spacial score (nSPS) is 11.1. The number of aromatic carboxylic acids is 1. The van der Waals surface area contributed by atoms with Gasteiger partial charge < -0.3 is 5.11 Å². The number of carboxylic acids is 1. The predicted molar refractivity (Wildman–Crippen MR) is 74.3 cm³/mol. The van der Waals surface area contributed by atoms with Crippen molar-refractivity contribution in [2.75, 3.05) is 0 Å². The van der Waals surface area contributed by atoms with Crippen LogP contribution < -0.4 is 0 Å². The standard InChI is InChI=1S/C14H14ClFN2O2/c1-7(2)12-11(14(19)20)13(15)18(17-12)10-5-4-9(16)6-8(10)3/h4-7H,1-3H3,(H,19,20). The molecule has 106 valence electrons. The van der Waals surface area contributed by atoms with E-state index >= 15 is 0 Å². The molecule has 20 heavy (non-hydrogen) atoms. The first kappa shape index (κ1) is 14.5. The molecule has 0 spiro atoms. The molecule has 2 rings (SSSR count). The summed E-state index contributed by atoms with van der Waals surface area (Å²) in [6.07, 6.45) is 0. The van der Waals surface area contributed by atoms with Crippen molar-refractivity contribution in [1.29, 1.82) is 0 Å². The molecule has 0 saturated carbocycles. The van der Waals surface area contributed by atoms with Crippen LogP contribution in [0, 0.1) is 12.7 Å². The summed E-state index contributed by atoms with van der Waals surface area (Å²) in [5.41, 5.74) is 1.59. The van der Waals surface area contributed by atoms with Crippen LogP contribution in [0.5, 0.6) is 0 Å². The lowest BCUT2D eigenvalue weighted by Crippen LogP contribution is -2.02. The fourth-order valence-corrected chi connectivity index (χ4v) is 2.34. The molecule has 0 bridgehead atoms. The Balaban J connectivity index is 2.69. The first-order valence-corrected chi connectivity index (χ1v) is 6.49. The van der Waals surface area contributed by atoms with Gasteiger partial charge >= 0.3 is 5.97 Å². The van der Waals surface area contributed by atoms with Crippen LogP contribution in [0.15, 0.2) is 18.2 Å². The van der Waals surface area contributed by atoms with Crippen LogP contribution in [-0.4, -0.2) is 20.9 Å². The number of hydrogen-bond donors (Lipinski definition) is 1. The van der Waals surface area contributed by atoms with Crippen molar-refractivity contribution in [2.24, 2.45) is 0 Å². The number of halogens is 2. The van der Waals surface area contributed by atoms with E-state index in [4.69, 9.17) is 11.6 Å². The van der Waals surface area contributed by atoms with Crippen molar-refractivity contribution in [2.45, 2.75) is 26.7 Å². The van der Waals surface area contributed by atoms with Gasteiger partial charge in [-0.2, -0.15) is 5.10 Å². The highest BCUT2D eigenvalue weighted by Crippen LogP contribution is 2.29. The van der Waals surface area contributed by atoms with Gasteiger partial charge in [-0.05, 0) is 36.6 Å². The van der Waals surface area contributed by atoms with Crippen LogP contribution in [0.1, 0.15) is 41.4 Å². The predicted octanol–water partition coefficient (Wildman–Crippen LogP) is 3.79. The van der Waals surface area contributed by atoms with Gasteiger partial charge in [0, 0.05) is 0 Å². The Labute approximate surface area is 120 Å². The molecule has 2 aromatic rings. The Morgan fingerprint density at radius 3 is 2.55 bits per heavy atom. The molecule has 0 aliphatic heterocycles. The third-order valence-corrected chi connectivity index (χ3v) is 3.35. The average molecular weight is 297 g/mol. The quantitative estimate of drug-likeness (QED) is 0.937. The van der Waals surface area contributed by atoms with Gasteiger partial charge in [0.2, 0.25) is 0 Å². The van der Waals surface area contributed by atoms with Crippen LogP contribution in [0.25, 0.3) is 5.69 Å². The molecular formula is C14H14ClFN2O2. The average Bonchev–Trinajstić information content (AvgIpc) is 2.67. The molecule has 0 atom stereocenters. The maximum absolute atomic E-state index is 13.1. The first-order valence-electron chi connectivity index (χ1n) is 6.11. The fraction of sp³-hybridized carbons (Fsp3) is 0.286. The number of carbonyl (C=O) groups is 1. The zero-order valence-electron chi connectivity index (χ0n) is 11.3. The maximum atomic E-state index is 13.1. The van der Waals surface area contributed by atoms with Gasteiger partial charge in [-0.1, -0.05) is 25.4 Å². The largest absolute Gasteiger partial charge is 0.478 e. The van der Waals surface area contributed by atoms with Gasteiger partial charge in [0.1, 0.15) is 16.5 Å². The van der Waals surface area contributed by atoms with Crippen molar-refractivity contribution >= 4 is 17.6 Å². The third-order valence-electron chi connectivity index (χ3n) is 3.00. The second-order valence-corrected chi connectivity index (χ2v) is 5.21. The second kappa shape index (κ2) is 5.25. The van der Waals surface area contributed by atoms with Crippen molar-refractivity contribution in [3.8, 4) is 5.69 Å². The molecular weight excluding hydrogens is 283 g/mol. The van der Waals surface area contributed by atoms with Crippen LogP contribution in [0.4, 0.5) is 4.39 Å². The number of hydrogen-bond acceptors (Lipinski definition) is 2. The summed E-state index contributed by atoms with van der Waals surface area (Å²) in [7, 11) is 0. The monoisotopic (exact) mass is 296 g/mol. The van der Waals surface area contributed by atoms with Gasteiger partial charge in [0.15, 0.2) is 0 Å². The minimum absolute atomic E-state index is 0.00890. The summed E-state index contributed by atoms with van der Waals surface area (Å²) < 4.78 is 14.5. The summed E-state index contributed by atoms with van der Waals surface area (Å²) in [6, 6.07) is 4.16. The van der Waals surface area contributed by atoms with Gasteiger partial charge in [-0.15, -0.1) is 0 Å². The van der Waals surface area contributed by atoms with Gasteiger partial charge in [-0.3, -0.25) is 0 Å². The number of rotatable bonds is 3. The number of carboxylic acid groups (broad SMARTS) is 1. The molecule has 0 unspecified atom stereocenters. The summed E-state index contributed by atoms with van der Waals surface area (Å²) in [5, 5.41) is 13.6. The number of benzene rings is 1. The smallest absolute Gasteiger partial charge is 0.340 e. The Kier molecular flexibility index (Phi) is 3.81. The highest BCUT2D eigenvalue weighted by atomic mass is 35.5.